The summed E-state index contributed by atoms with van der Waals surface area (Å²) in [5.41, 5.74) is 6.57. The number of hydrogen-bond acceptors (Lipinski definition) is 8. The van der Waals surface area contributed by atoms with E-state index < -0.39 is 0 Å². The molecule has 4 heterocycles. The van der Waals surface area contributed by atoms with E-state index in [4.69, 9.17) is 9.97 Å². The predicted octanol–water partition coefficient (Wildman–Crippen LogP) is 5.66. The summed E-state index contributed by atoms with van der Waals surface area (Å²) in [4.78, 5) is 41.8. The van der Waals surface area contributed by atoms with Crippen LogP contribution in [0.2, 0.25) is 0 Å². The van der Waals surface area contributed by atoms with Crippen LogP contribution in [-0.4, -0.2) is 63.3 Å². The largest absolute Gasteiger partial charge is 0.344 e. The lowest BCUT2D eigenvalue weighted by molar-refractivity contribution is -0.128. The Balaban J connectivity index is 1.22. The van der Waals surface area contributed by atoms with Crippen molar-refractivity contribution in [3.8, 4) is 22.6 Å². The van der Waals surface area contributed by atoms with Gasteiger partial charge in [-0.3, -0.25) is 14.0 Å². The highest BCUT2D eigenvalue weighted by Crippen LogP contribution is 2.33. The molecule has 0 fully saturated rings. The first-order chi connectivity index (χ1) is 22.5. The molecule has 0 atom stereocenters. The fourth-order valence-corrected chi connectivity index (χ4v) is 5.81. The molecule has 2 amide bonds. The lowest BCUT2D eigenvalue weighted by Crippen LogP contribution is -2.35. The van der Waals surface area contributed by atoms with Crippen LogP contribution in [0, 0.1) is 0 Å². The number of nitrogens with one attached hydrogen (secondary N) is 3. The lowest BCUT2D eigenvalue weighted by atomic mass is 10.1. The van der Waals surface area contributed by atoms with Crippen molar-refractivity contribution in [1.29, 1.82) is 0 Å². The summed E-state index contributed by atoms with van der Waals surface area (Å²) >= 11 is 1.57. The maximum absolute atomic E-state index is 12.7. The average molecular weight is 631 g/mol. The molecule has 11 heteroatoms. The van der Waals surface area contributed by atoms with Gasteiger partial charge in [0.2, 0.25) is 17.8 Å². The molecule has 0 aliphatic heterocycles. The highest BCUT2D eigenvalue weighted by atomic mass is 32.1. The molecule has 4 aromatic heterocycles. The topological polar surface area (TPSA) is 117 Å². The predicted molar refractivity (Wildman–Crippen MR) is 183 cm³/mol. The molecule has 10 nitrogen and oxygen atoms in total. The van der Waals surface area contributed by atoms with Crippen LogP contribution in [-0.2, 0) is 22.4 Å². The van der Waals surface area contributed by atoms with Crippen molar-refractivity contribution in [2.75, 3.05) is 37.8 Å². The highest BCUT2D eigenvalue weighted by molar-refractivity contribution is 7.10. The summed E-state index contributed by atoms with van der Waals surface area (Å²) in [6, 6.07) is 27.4. The van der Waals surface area contributed by atoms with E-state index in [0.717, 1.165) is 45.1 Å². The van der Waals surface area contributed by atoms with Crippen LogP contribution in [0.3, 0.4) is 0 Å². The zero-order valence-corrected chi connectivity index (χ0v) is 26.4. The van der Waals surface area contributed by atoms with Crippen molar-refractivity contribution >= 4 is 46.1 Å². The molecule has 0 aliphatic rings. The van der Waals surface area contributed by atoms with E-state index in [0.29, 0.717) is 36.8 Å². The fourth-order valence-electron chi connectivity index (χ4n) is 5.11. The Hall–Kier alpha value is -5.39. The number of carbonyl (C=O) groups excluding carboxylic acids is 2. The van der Waals surface area contributed by atoms with E-state index in [1.54, 1.807) is 29.5 Å². The van der Waals surface area contributed by atoms with Crippen LogP contribution in [0.15, 0.2) is 103 Å². The zero-order valence-electron chi connectivity index (χ0n) is 25.6. The van der Waals surface area contributed by atoms with E-state index in [1.165, 1.54) is 0 Å². The third kappa shape index (κ3) is 7.28. The van der Waals surface area contributed by atoms with Crippen molar-refractivity contribution in [1.82, 2.24) is 29.6 Å². The second kappa shape index (κ2) is 14.1. The van der Waals surface area contributed by atoms with Crippen molar-refractivity contribution in [3.05, 3.63) is 113 Å². The van der Waals surface area contributed by atoms with Crippen molar-refractivity contribution in [3.63, 3.8) is 0 Å². The van der Waals surface area contributed by atoms with E-state index in [1.807, 2.05) is 108 Å². The van der Waals surface area contributed by atoms with Gasteiger partial charge in [0.05, 0.1) is 30.0 Å². The number of benzene rings is 2. The van der Waals surface area contributed by atoms with Gasteiger partial charge in [-0.1, -0.05) is 36.4 Å². The number of thiophene rings is 1. The third-order valence-corrected chi connectivity index (χ3v) is 8.34. The number of hydrogen-bond donors (Lipinski definition) is 3. The smallest absolute Gasteiger partial charge is 0.236 e. The number of anilines is 3. The summed E-state index contributed by atoms with van der Waals surface area (Å²) in [7, 11) is 3.58. The molecule has 232 valence electrons. The van der Waals surface area contributed by atoms with Crippen LogP contribution in [0.4, 0.5) is 17.3 Å². The molecule has 2 aromatic carbocycles. The SMILES string of the molecule is CNCC(=O)N(C)CCc1ccc(Nc2nccc(-c3c(-c4cccc(NC(=O)Cc5cccs5)c4)nc4ccccn34)n2)cc1. The number of nitrogens with zero attached hydrogens (tertiary/aromatic N) is 5. The molecule has 0 saturated carbocycles. The van der Waals surface area contributed by atoms with Crippen LogP contribution >= 0.6 is 11.3 Å². The van der Waals surface area contributed by atoms with Crippen LogP contribution in [0.25, 0.3) is 28.3 Å². The minimum atomic E-state index is -0.0682. The van der Waals surface area contributed by atoms with Gasteiger partial charge in [0.1, 0.15) is 5.65 Å². The standard InChI is InChI=1S/C35H34N8O2S/c1-36-23-32(45)42(2)19-16-24-11-13-26(14-12-24)39-35-37-17-15-29(40-35)34-33(41-30-10-3-4-18-43(30)34)25-7-5-8-27(21-25)38-31(44)22-28-9-6-20-46-28/h3-15,17-18,20-21,36H,16,19,22-23H2,1-2H3,(H,38,44)(H,37,39,40). The average Bonchev–Trinajstić information content (AvgIpc) is 3.72. The van der Waals surface area contributed by atoms with Crippen molar-refractivity contribution in [2.45, 2.75) is 12.8 Å². The van der Waals surface area contributed by atoms with Gasteiger partial charge in [-0.2, -0.15) is 0 Å². The Labute approximate surface area is 271 Å². The quantitative estimate of drug-likeness (QED) is 0.160. The lowest BCUT2D eigenvalue weighted by Gasteiger charge is -2.17. The number of carbonyl (C=O) groups is 2. The minimum absolute atomic E-state index is 0.0660. The Bertz CT molecular complexity index is 1950. The maximum Gasteiger partial charge on any atom is 0.236 e. The van der Waals surface area contributed by atoms with E-state index in [2.05, 4.69) is 20.9 Å². The van der Waals surface area contributed by atoms with Gasteiger partial charge in [-0.15, -0.1) is 11.3 Å². The maximum atomic E-state index is 12.7. The van der Waals surface area contributed by atoms with Crippen molar-refractivity contribution < 1.29 is 9.59 Å². The Kier molecular flexibility index (Phi) is 9.42. The number of imidazole rings is 1. The summed E-state index contributed by atoms with van der Waals surface area (Å²) in [6.07, 6.45) is 4.78. The number of fused-ring (bicyclic) bond motifs is 1. The first kappa shape index (κ1) is 30.6. The fraction of sp³-hybridized carbons (Fsp3) is 0.171. The van der Waals surface area contributed by atoms with Gasteiger partial charge in [0, 0.05) is 47.8 Å². The number of aromatic nitrogens is 4. The molecule has 0 unspecified atom stereocenters. The molecule has 46 heavy (non-hydrogen) atoms. The zero-order chi connectivity index (χ0) is 31.9. The molecule has 0 saturated heterocycles. The molecular weight excluding hydrogens is 597 g/mol. The molecule has 6 aromatic rings. The Morgan fingerprint density at radius 3 is 2.61 bits per heavy atom. The first-order valence-corrected chi connectivity index (χ1v) is 15.8. The normalized spacial score (nSPS) is 11.0. The van der Waals surface area contributed by atoms with E-state index >= 15 is 0 Å². The summed E-state index contributed by atoms with van der Waals surface area (Å²) in [5.74, 6) is 0.451. The second-order valence-corrected chi connectivity index (χ2v) is 11.8. The summed E-state index contributed by atoms with van der Waals surface area (Å²) < 4.78 is 2.01. The molecule has 0 radical (unpaired) electrons. The molecule has 6 rings (SSSR count). The van der Waals surface area contributed by atoms with Crippen LogP contribution in [0.1, 0.15) is 10.4 Å². The molecule has 3 N–H and O–H groups in total. The summed E-state index contributed by atoms with van der Waals surface area (Å²) in [6.45, 7) is 0.973. The second-order valence-electron chi connectivity index (χ2n) is 10.8. The molecule has 0 bridgehead atoms. The molecule has 0 aliphatic carbocycles. The Morgan fingerprint density at radius 1 is 0.935 bits per heavy atom. The van der Waals surface area contributed by atoms with E-state index in [9.17, 15) is 9.59 Å². The molecule has 0 spiro atoms. The number of amides is 2. The summed E-state index contributed by atoms with van der Waals surface area (Å²) in [5, 5.41) is 11.2. The van der Waals surface area contributed by atoms with E-state index in [-0.39, 0.29) is 11.8 Å². The van der Waals surface area contributed by atoms with Gasteiger partial charge >= 0.3 is 0 Å². The van der Waals surface area contributed by atoms with Gasteiger partial charge in [-0.05, 0) is 72.9 Å². The van der Waals surface area contributed by atoms with Crippen molar-refractivity contribution in [2.24, 2.45) is 0 Å². The van der Waals surface area contributed by atoms with Gasteiger partial charge in [-0.25, -0.2) is 15.0 Å². The van der Waals surface area contributed by atoms with Crippen LogP contribution in [0.5, 0.6) is 0 Å². The monoisotopic (exact) mass is 630 g/mol. The van der Waals surface area contributed by atoms with Gasteiger partial charge < -0.3 is 20.9 Å². The minimum Gasteiger partial charge on any atom is -0.344 e. The number of rotatable bonds is 12. The first-order valence-electron chi connectivity index (χ1n) is 14.9. The highest BCUT2D eigenvalue weighted by Gasteiger charge is 2.18. The van der Waals surface area contributed by atoms with Gasteiger partial charge in [0.25, 0.3) is 0 Å². The molecular formula is C35H34N8O2S. The van der Waals surface area contributed by atoms with Crippen LogP contribution < -0.4 is 16.0 Å². The number of pyridine rings is 1. The Morgan fingerprint density at radius 2 is 1.80 bits per heavy atom. The third-order valence-electron chi connectivity index (χ3n) is 7.46. The number of likely N-dealkylation sites (N-methyl/N-ethyl adjacent to an activating group) is 2. The van der Waals surface area contributed by atoms with Gasteiger partial charge in [0.15, 0.2) is 0 Å².